The molecule has 0 radical (unpaired) electrons. The van der Waals surface area contributed by atoms with Gasteiger partial charge in [0.15, 0.2) is 0 Å². The Balaban J connectivity index is 1.45. The van der Waals surface area contributed by atoms with Gasteiger partial charge in [0.05, 0.1) is 12.9 Å². The molecule has 1 aliphatic heterocycles. The second-order valence-electron chi connectivity index (χ2n) is 12.0. The van der Waals surface area contributed by atoms with Crippen LogP contribution in [0.15, 0.2) is 67.1 Å². The standard InChI is InChI=1S/C34H42N8O8/c1-20(38-31(46)25(39-29(44)17-35)14-22-9-11-24(43)12-10-22)30(45)40-26(16-23-18-36-19-37-23)33(48)42-13-5-8-28(42)32(47)41-27(34(49)50)15-21-6-3-2-4-7-21/h2-4,6-7,9-12,18-20,25-28,43H,5,8,13-17,35H2,1H3,(H,36,37)(H,38,46)(H,39,44)(H,40,45)(H,41,47)(H,49,50)/t20-,25-,26-,27-,28-/m0/s1. The van der Waals surface area contributed by atoms with Crippen molar-refractivity contribution in [2.75, 3.05) is 13.1 Å². The largest absolute Gasteiger partial charge is 0.508 e. The van der Waals surface area contributed by atoms with Crippen molar-refractivity contribution in [1.82, 2.24) is 36.1 Å². The van der Waals surface area contributed by atoms with Crippen LogP contribution in [-0.2, 0) is 48.0 Å². The zero-order chi connectivity index (χ0) is 36.2. The lowest BCUT2D eigenvalue weighted by atomic mass is 10.0. The van der Waals surface area contributed by atoms with E-state index in [9.17, 15) is 39.0 Å². The molecule has 2 heterocycles. The smallest absolute Gasteiger partial charge is 0.326 e. The van der Waals surface area contributed by atoms with E-state index in [2.05, 4.69) is 31.2 Å². The van der Waals surface area contributed by atoms with Gasteiger partial charge in [-0.25, -0.2) is 9.78 Å². The Hall–Kier alpha value is -5.77. The number of carbonyl (C=O) groups excluding carboxylic acids is 5. The molecule has 1 aliphatic rings. The molecule has 1 aromatic heterocycles. The quantitative estimate of drug-likeness (QED) is 0.0923. The van der Waals surface area contributed by atoms with Crippen LogP contribution >= 0.6 is 0 Å². The van der Waals surface area contributed by atoms with Gasteiger partial charge in [0.2, 0.25) is 29.5 Å². The number of likely N-dealkylation sites (tertiary alicyclic amines) is 1. The van der Waals surface area contributed by atoms with E-state index in [-0.39, 0.29) is 38.1 Å². The lowest BCUT2D eigenvalue weighted by molar-refractivity contribution is -0.145. The van der Waals surface area contributed by atoms with E-state index >= 15 is 0 Å². The molecule has 0 unspecified atom stereocenters. The van der Waals surface area contributed by atoms with Crippen molar-refractivity contribution < 1.29 is 39.0 Å². The summed E-state index contributed by atoms with van der Waals surface area (Å²) in [6.07, 6.45) is 3.75. The number of benzene rings is 2. The number of carboxylic acid groups (broad SMARTS) is 1. The average Bonchev–Trinajstić information content (AvgIpc) is 3.81. The Morgan fingerprint density at radius 1 is 0.880 bits per heavy atom. The lowest BCUT2D eigenvalue weighted by Crippen LogP contribution is -2.59. The van der Waals surface area contributed by atoms with Gasteiger partial charge in [-0.1, -0.05) is 42.5 Å². The van der Waals surface area contributed by atoms with Crippen LogP contribution in [0.1, 0.15) is 36.6 Å². The van der Waals surface area contributed by atoms with Gasteiger partial charge in [-0.3, -0.25) is 24.0 Å². The number of nitrogens with zero attached hydrogens (tertiary/aromatic N) is 2. The summed E-state index contributed by atoms with van der Waals surface area (Å²) in [6, 6.07) is 9.25. The van der Waals surface area contributed by atoms with Crippen molar-refractivity contribution in [3.05, 3.63) is 83.9 Å². The first kappa shape index (κ1) is 37.1. The summed E-state index contributed by atoms with van der Waals surface area (Å²) in [5, 5.41) is 29.7. The van der Waals surface area contributed by atoms with Crippen LogP contribution in [0.3, 0.4) is 0 Å². The highest BCUT2D eigenvalue weighted by Crippen LogP contribution is 2.20. The number of hydrogen-bond acceptors (Lipinski definition) is 9. The maximum absolute atomic E-state index is 14.0. The maximum atomic E-state index is 14.0. The molecule has 4 rings (SSSR count). The van der Waals surface area contributed by atoms with Crippen LogP contribution in [0.2, 0.25) is 0 Å². The summed E-state index contributed by atoms with van der Waals surface area (Å²) >= 11 is 0. The van der Waals surface area contributed by atoms with Gasteiger partial charge in [0.1, 0.15) is 36.0 Å². The van der Waals surface area contributed by atoms with Crippen molar-refractivity contribution in [3.8, 4) is 5.75 Å². The van der Waals surface area contributed by atoms with Gasteiger partial charge >= 0.3 is 5.97 Å². The third-order valence-corrected chi connectivity index (χ3v) is 8.29. The number of phenolic OH excluding ortho intramolecular Hbond substituents is 1. The molecule has 0 saturated carbocycles. The van der Waals surface area contributed by atoms with Crippen molar-refractivity contribution in [1.29, 1.82) is 0 Å². The molecular formula is C34H42N8O8. The number of H-pyrrole nitrogens is 1. The second kappa shape index (κ2) is 17.6. The summed E-state index contributed by atoms with van der Waals surface area (Å²) in [6.45, 7) is 1.25. The van der Waals surface area contributed by atoms with Gasteiger partial charge in [0, 0.05) is 37.7 Å². The molecule has 1 fully saturated rings. The van der Waals surface area contributed by atoms with Crippen molar-refractivity contribution in [3.63, 3.8) is 0 Å². The van der Waals surface area contributed by atoms with Crippen LogP contribution < -0.4 is 27.0 Å². The van der Waals surface area contributed by atoms with E-state index in [1.807, 2.05) is 0 Å². The molecule has 266 valence electrons. The summed E-state index contributed by atoms with van der Waals surface area (Å²) in [5.74, 6) is -4.36. The SMILES string of the molecule is C[C@H](NC(=O)[C@H](Cc1ccc(O)cc1)NC(=O)CN)C(=O)N[C@@H](Cc1cnc[nH]1)C(=O)N1CCC[C@H]1C(=O)N[C@@H](Cc1ccccc1)C(=O)O. The van der Waals surface area contributed by atoms with Gasteiger partial charge in [-0.05, 0) is 43.0 Å². The fourth-order valence-corrected chi connectivity index (χ4v) is 5.64. The normalized spacial score (nSPS) is 16.4. The van der Waals surface area contributed by atoms with E-state index in [0.717, 1.165) is 5.56 Å². The number of rotatable bonds is 16. The highest BCUT2D eigenvalue weighted by Gasteiger charge is 2.39. The first-order chi connectivity index (χ1) is 23.9. The molecule has 50 heavy (non-hydrogen) atoms. The fraction of sp³-hybridized carbons (Fsp3) is 0.382. The maximum Gasteiger partial charge on any atom is 0.326 e. The molecule has 0 bridgehead atoms. The molecule has 5 atom stereocenters. The van der Waals surface area contributed by atoms with Crippen LogP contribution in [0, 0.1) is 0 Å². The first-order valence-electron chi connectivity index (χ1n) is 16.2. The number of hydrogen-bond donors (Lipinski definition) is 8. The molecule has 9 N–H and O–H groups in total. The number of aromatic nitrogens is 2. The summed E-state index contributed by atoms with van der Waals surface area (Å²) in [4.78, 5) is 86.4. The van der Waals surface area contributed by atoms with Crippen molar-refractivity contribution in [2.45, 2.75) is 69.2 Å². The number of aromatic hydroxyl groups is 1. The summed E-state index contributed by atoms with van der Waals surface area (Å²) < 4.78 is 0. The molecule has 5 amide bonds. The van der Waals surface area contributed by atoms with Crippen molar-refractivity contribution >= 4 is 35.5 Å². The lowest BCUT2D eigenvalue weighted by Gasteiger charge is -2.30. The summed E-state index contributed by atoms with van der Waals surface area (Å²) in [5.41, 5.74) is 7.30. The highest BCUT2D eigenvalue weighted by molar-refractivity contribution is 5.96. The molecular weight excluding hydrogens is 648 g/mol. The Morgan fingerprint density at radius 3 is 2.20 bits per heavy atom. The summed E-state index contributed by atoms with van der Waals surface area (Å²) in [7, 11) is 0. The third-order valence-electron chi connectivity index (χ3n) is 8.29. The molecule has 16 nitrogen and oxygen atoms in total. The molecule has 16 heteroatoms. The Bertz CT molecular complexity index is 1630. The van der Waals surface area contributed by atoms with Crippen LogP contribution in [-0.4, -0.2) is 104 Å². The number of nitrogens with two attached hydrogens (primary N) is 1. The third kappa shape index (κ3) is 10.4. The minimum Gasteiger partial charge on any atom is -0.508 e. The van der Waals surface area contributed by atoms with E-state index in [0.29, 0.717) is 24.1 Å². The van der Waals surface area contributed by atoms with Crippen molar-refractivity contribution in [2.24, 2.45) is 5.73 Å². The van der Waals surface area contributed by atoms with Crippen LogP contribution in [0.25, 0.3) is 0 Å². The molecule has 1 saturated heterocycles. The monoisotopic (exact) mass is 690 g/mol. The molecule has 3 aromatic rings. The Kier molecular flexibility index (Phi) is 13.0. The second-order valence-corrected chi connectivity index (χ2v) is 12.0. The number of aliphatic carboxylic acids is 1. The van der Waals surface area contributed by atoms with E-state index in [1.165, 1.54) is 36.5 Å². The number of imidazole rings is 1. The van der Waals surface area contributed by atoms with Gasteiger partial charge in [-0.15, -0.1) is 0 Å². The van der Waals surface area contributed by atoms with Gasteiger partial charge < -0.3 is 47.1 Å². The number of carboxylic acids is 1. The van der Waals surface area contributed by atoms with E-state index in [4.69, 9.17) is 5.73 Å². The fourth-order valence-electron chi connectivity index (χ4n) is 5.64. The number of nitrogens with one attached hydrogen (secondary N) is 5. The number of amides is 5. The van der Waals surface area contributed by atoms with Gasteiger partial charge in [0.25, 0.3) is 0 Å². The molecule has 0 aliphatic carbocycles. The first-order valence-corrected chi connectivity index (χ1v) is 16.2. The van der Waals surface area contributed by atoms with E-state index in [1.54, 1.807) is 42.5 Å². The highest BCUT2D eigenvalue weighted by atomic mass is 16.4. The zero-order valence-corrected chi connectivity index (χ0v) is 27.5. The minimum absolute atomic E-state index is 0.0160. The topological polar surface area (TPSA) is 249 Å². The predicted octanol–water partition coefficient (Wildman–Crippen LogP) is -0.863. The zero-order valence-electron chi connectivity index (χ0n) is 27.5. The minimum atomic E-state index is -1.22. The van der Waals surface area contributed by atoms with Crippen LogP contribution in [0.5, 0.6) is 5.75 Å². The molecule has 0 spiro atoms. The van der Waals surface area contributed by atoms with E-state index < -0.39 is 65.7 Å². The van der Waals surface area contributed by atoms with Gasteiger partial charge in [-0.2, -0.15) is 0 Å². The number of aromatic amines is 1. The average molecular weight is 691 g/mol. The number of phenols is 1. The Labute approximate surface area is 288 Å². The number of carbonyl (C=O) groups is 6. The Morgan fingerprint density at radius 2 is 1.56 bits per heavy atom. The predicted molar refractivity (Wildman–Crippen MR) is 179 cm³/mol. The molecule has 2 aromatic carbocycles. The van der Waals surface area contributed by atoms with Crippen LogP contribution in [0.4, 0.5) is 0 Å².